The Morgan fingerprint density at radius 3 is 3.00 bits per heavy atom. The van der Waals surface area contributed by atoms with Gasteiger partial charge in [0.15, 0.2) is 0 Å². The van der Waals surface area contributed by atoms with Crippen molar-refractivity contribution < 1.29 is 4.74 Å². The Bertz CT molecular complexity index is 613. The van der Waals surface area contributed by atoms with E-state index < -0.39 is 0 Å². The van der Waals surface area contributed by atoms with Gasteiger partial charge in [-0.05, 0) is 23.6 Å². The number of rotatable bonds is 2. The van der Waals surface area contributed by atoms with Gasteiger partial charge in [-0.1, -0.05) is 0 Å². The molecule has 0 spiro atoms. The zero-order valence-electron chi connectivity index (χ0n) is 8.73. The van der Waals surface area contributed by atoms with E-state index in [1.165, 1.54) is 0 Å². The molecule has 1 aromatic carbocycles. The molecule has 2 heterocycles. The number of nitrogens with zero attached hydrogens (tertiary/aromatic N) is 1. The predicted molar refractivity (Wildman–Crippen MR) is 66.0 cm³/mol. The van der Waals surface area contributed by atoms with Crippen LogP contribution in [0.15, 0.2) is 35.0 Å². The van der Waals surface area contributed by atoms with Gasteiger partial charge in [0.2, 0.25) is 0 Å². The first kappa shape index (κ1) is 9.42. The topological polar surface area (TPSA) is 37.9 Å². The lowest BCUT2D eigenvalue weighted by Crippen LogP contribution is -1.81. The maximum Gasteiger partial charge on any atom is 0.139 e. The Balaban J connectivity index is 2.16. The molecule has 0 bridgehead atoms. The van der Waals surface area contributed by atoms with Gasteiger partial charge in [-0.3, -0.25) is 0 Å². The molecule has 0 saturated carbocycles. The number of aromatic nitrogens is 2. The Morgan fingerprint density at radius 2 is 2.25 bits per heavy atom. The SMILES string of the molecule is COc1ccc2nc(-c3ccsc3)[nH]c2c1. The monoisotopic (exact) mass is 230 g/mol. The van der Waals surface area contributed by atoms with E-state index in [0.29, 0.717) is 0 Å². The minimum atomic E-state index is 0.841. The largest absolute Gasteiger partial charge is 0.497 e. The van der Waals surface area contributed by atoms with E-state index in [1.807, 2.05) is 23.6 Å². The van der Waals surface area contributed by atoms with Crippen LogP contribution in [-0.4, -0.2) is 17.1 Å². The molecule has 3 rings (SSSR count). The van der Waals surface area contributed by atoms with Crippen LogP contribution in [0.1, 0.15) is 0 Å². The second-order valence-corrected chi connectivity index (χ2v) is 4.26. The molecule has 0 aliphatic carbocycles. The average molecular weight is 230 g/mol. The van der Waals surface area contributed by atoms with Crippen molar-refractivity contribution in [3.8, 4) is 17.1 Å². The van der Waals surface area contributed by atoms with Crippen LogP contribution in [-0.2, 0) is 0 Å². The van der Waals surface area contributed by atoms with Crippen molar-refractivity contribution in [1.29, 1.82) is 0 Å². The molecule has 3 nitrogen and oxygen atoms in total. The molecule has 0 fully saturated rings. The van der Waals surface area contributed by atoms with Gasteiger partial charge in [-0.25, -0.2) is 4.98 Å². The molecule has 0 saturated heterocycles. The summed E-state index contributed by atoms with van der Waals surface area (Å²) in [5.41, 5.74) is 3.09. The molecule has 0 amide bonds. The van der Waals surface area contributed by atoms with Gasteiger partial charge in [0, 0.05) is 17.0 Å². The lowest BCUT2D eigenvalue weighted by molar-refractivity contribution is 0.415. The third-order valence-electron chi connectivity index (χ3n) is 2.48. The van der Waals surface area contributed by atoms with E-state index in [1.54, 1.807) is 18.4 Å². The van der Waals surface area contributed by atoms with Crippen LogP contribution < -0.4 is 4.74 Å². The van der Waals surface area contributed by atoms with E-state index in [-0.39, 0.29) is 0 Å². The van der Waals surface area contributed by atoms with E-state index in [9.17, 15) is 0 Å². The summed E-state index contributed by atoms with van der Waals surface area (Å²) in [5, 5.41) is 4.12. The maximum atomic E-state index is 5.18. The molecule has 0 aliphatic heterocycles. The van der Waals surface area contributed by atoms with Crippen LogP contribution in [0.5, 0.6) is 5.75 Å². The number of aromatic amines is 1. The van der Waals surface area contributed by atoms with Crippen LogP contribution >= 0.6 is 11.3 Å². The highest BCUT2D eigenvalue weighted by Gasteiger charge is 2.05. The van der Waals surface area contributed by atoms with Crippen LogP contribution in [0.2, 0.25) is 0 Å². The number of hydrogen-bond donors (Lipinski definition) is 1. The first-order valence-corrected chi connectivity index (χ1v) is 5.87. The zero-order valence-corrected chi connectivity index (χ0v) is 9.54. The quantitative estimate of drug-likeness (QED) is 0.733. The van der Waals surface area contributed by atoms with Gasteiger partial charge in [0.05, 0.1) is 18.1 Å². The molecule has 0 aliphatic rings. The molecule has 0 atom stereocenters. The van der Waals surface area contributed by atoms with Crippen molar-refractivity contribution in [3.63, 3.8) is 0 Å². The molecule has 0 radical (unpaired) electrons. The summed E-state index contributed by atoms with van der Waals surface area (Å²) in [6.07, 6.45) is 0. The Morgan fingerprint density at radius 1 is 1.31 bits per heavy atom. The van der Waals surface area contributed by atoms with Crippen molar-refractivity contribution in [2.75, 3.05) is 7.11 Å². The van der Waals surface area contributed by atoms with Crippen molar-refractivity contribution >= 4 is 22.4 Å². The van der Waals surface area contributed by atoms with Crippen LogP contribution in [0.3, 0.4) is 0 Å². The molecule has 3 aromatic rings. The lowest BCUT2D eigenvalue weighted by Gasteiger charge is -1.96. The number of methoxy groups -OCH3 is 1. The summed E-state index contributed by atoms with van der Waals surface area (Å²) in [5.74, 6) is 1.75. The second kappa shape index (κ2) is 3.64. The van der Waals surface area contributed by atoms with Crippen molar-refractivity contribution in [3.05, 3.63) is 35.0 Å². The highest BCUT2D eigenvalue weighted by atomic mass is 32.1. The Kier molecular flexibility index (Phi) is 2.15. The molecular formula is C12H10N2OS. The number of imidazole rings is 1. The van der Waals surface area contributed by atoms with Crippen LogP contribution in [0.4, 0.5) is 0 Å². The van der Waals surface area contributed by atoms with Gasteiger partial charge < -0.3 is 9.72 Å². The zero-order chi connectivity index (χ0) is 11.0. The standard InChI is InChI=1S/C12H10N2OS/c1-15-9-2-3-10-11(6-9)14-12(13-10)8-4-5-16-7-8/h2-7H,1H3,(H,13,14). The minimum absolute atomic E-state index is 0.841. The van der Waals surface area contributed by atoms with Crippen molar-refractivity contribution in [2.45, 2.75) is 0 Å². The number of H-pyrrole nitrogens is 1. The summed E-state index contributed by atoms with van der Waals surface area (Å²) >= 11 is 1.67. The Labute approximate surface area is 96.7 Å². The smallest absolute Gasteiger partial charge is 0.139 e. The first-order valence-electron chi connectivity index (χ1n) is 4.93. The van der Waals surface area contributed by atoms with Gasteiger partial charge in [0.25, 0.3) is 0 Å². The number of fused-ring (bicyclic) bond motifs is 1. The number of thiophene rings is 1. The fourth-order valence-electron chi connectivity index (χ4n) is 1.65. The minimum Gasteiger partial charge on any atom is -0.497 e. The molecule has 0 unspecified atom stereocenters. The number of hydrogen-bond acceptors (Lipinski definition) is 3. The fourth-order valence-corrected chi connectivity index (χ4v) is 2.29. The summed E-state index contributed by atoms with van der Waals surface area (Å²) in [7, 11) is 1.66. The average Bonchev–Trinajstić information content (AvgIpc) is 2.96. The summed E-state index contributed by atoms with van der Waals surface area (Å²) in [6.45, 7) is 0. The van der Waals surface area contributed by atoms with E-state index in [0.717, 1.165) is 28.2 Å². The highest BCUT2D eigenvalue weighted by Crippen LogP contribution is 2.24. The van der Waals surface area contributed by atoms with Gasteiger partial charge in [-0.2, -0.15) is 11.3 Å². The molecule has 80 valence electrons. The predicted octanol–water partition coefficient (Wildman–Crippen LogP) is 3.30. The molecule has 2 aromatic heterocycles. The molecule has 16 heavy (non-hydrogen) atoms. The normalized spacial score (nSPS) is 10.8. The molecule has 4 heteroatoms. The highest BCUT2D eigenvalue weighted by molar-refractivity contribution is 7.08. The van der Waals surface area contributed by atoms with E-state index in [2.05, 4.69) is 21.4 Å². The van der Waals surface area contributed by atoms with Crippen molar-refractivity contribution in [2.24, 2.45) is 0 Å². The van der Waals surface area contributed by atoms with Crippen LogP contribution in [0, 0.1) is 0 Å². The molecular weight excluding hydrogens is 220 g/mol. The number of benzene rings is 1. The van der Waals surface area contributed by atoms with E-state index in [4.69, 9.17) is 4.74 Å². The third-order valence-corrected chi connectivity index (χ3v) is 3.17. The van der Waals surface area contributed by atoms with E-state index >= 15 is 0 Å². The van der Waals surface area contributed by atoms with Crippen molar-refractivity contribution in [1.82, 2.24) is 9.97 Å². The third kappa shape index (κ3) is 1.47. The second-order valence-electron chi connectivity index (χ2n) is 3.48. The number of ether oxygens (including phenoxy) is 1. The van der Waals surface area contributed by atoms with Crippen LogP contribution in [0.25, 0.3) is 22.4 Å². The summed E-state index contributed by atoms with van der Waals surface area (Å²) in [4.78, 5) is 7.81. The molecule has 1 N–H and O–H groups in total. The maximum absolute atomic E-state index is 5.18. The lowest BCUT2D eigenvalue weighted by atomic mass is 10.3. The summed E-state index contributed by atoms with van der Waals surface area (Å²) < 4.78 is 5.18. The first-order chi connectivity index (χ1) is 7.86. The Hall–Kier alpha value is -1.81. The van der Waals surface area contributed by atoms with Gasteiger partial charge in [0.1, 0.15) is 11.6 Å². The van der Waals surface area contributed by atoms with Gasteiger partial charge >= 0.3 is 0 Å². The summed E-state index contributed by atoms with van der Waals surface area (Å²) in [6, 6.07) is 7.89. The number of nitrogens with one attached hydrogen (secondary N) is 1. The van der Waals surface area contributed by atoms with Gasteiger partial charge in [-0.15, -0.1) is 0 Å². The fraction of sp³-hybridized carbons (Fsp3) is 0.0833.